The number of aliphatic carboxylic acids is 1. The highest BCUT2D eigenvalue weighted by atomic mass is 19.1. The van der Waals surface area contributed by atoms with Gasteiger partial charge in [-0.3, -0.25) is 4.79 Å². The van der Waals surface area contributed by atoms with E-state index in [1.54, 1.807) is 12.1 Å². The standard InChI is InChI=1S/C13H14FNO4/c1-19-10-4-2-8(3-5-10)12(16)15-7-9(14)6-11(15)13(17)18/h2-5,9,11H,6-7H2,1H3,(H,17,18)/t9-,11-/m0/s1. The second kappa shape index (κ2) is 5.26. The Kier molecular flexibility index (Phi) is 3.69. The van der Waals surface area contributed by atoms with Gasteiger partial charge in [-0.1, -0.05) is 0 Å². The van der Waals surface area contributed by atoms with Gasteiger partial charge in [0.15, 0.2) is 0 Å². The van der Waals surface area contributed by atoms with Crippen LogP contribution in [0, 0.1) is 0 Å². The van der Waals surface area contributed by atoms with Gasteiger partial charge in [0, 0.05) is 12.0 Å². The lowest BCUT2D eigenvalue weighted by molar-refractivity contribution is -0.141. The molecule has 1 N–H and O–H groups in total. The first kappa shape index (κ1) is 13.3. The molecule has 1 aromatic rings. The molecule has 0 bridgehead atoms. The van der Waals surface area contributed by atoms with Crippen molar-refractivity contribution in [1.29, 1.82) is 0 Å². The second-order valence-corrected chi connectivity index (χ2v) is 4.37. The fraction of sp³-hybridized carbons (Fsp3) is 0.385. The van der Waals surface area contributed by atoms with E-state index in [2.05, 4.69) is 0 Å². The smallest absolute Gasteiger partial charge is 0.326 e. The van der Waals surface area contributed by atoms with E-state index in [1.807, 2.05) is 0 Å². The van der Waals surface area contributed by atoms with Crippen molar-refractivity contribution < 1.29 is 23.8 Å². The summed E-state index contributed by atoms with van der Waals surface area (Å²) in [6.45, 7) is -0.179. The normalized spacial score (nSPS) is 22.3. The number of hydrogen-bond acceptors (Lipinski definition) is 3. The van der Waals surface area contributed by atoms with Gasteiger partial charge in [0.25, 0.3) is 5.91 Å². The summed E-state index contributed by atoms with van der Waals surface area (Å²) in [5.41, 5.74) is 0.321. The SMILES string of the molecule is COc1ccc(C(=O)N2C[C@@H](F)C[C@H]2C(=O)O)cc1. The Balaban J connectivity index is 2.20. The molecule has 1 saturated heterocycles. The van der Waals surface area contributed by atoms with Crippen molar-refractivity contribution in [2.24, 2.45) is 0 Å². The Hall–Kier alpha value is -2.11. The molecule has 6 heteroatoms. The molecule has 0 aliphatic carbocycles. The molecule has 0 aromatic heterocycles. The molecular formula is C13H14FNO4. The Bertz CT molecular complexity index is 488. The van der Waals surface area contributed by atoms with Crippen molar-refractivity contribution in [2.45, 2.75) is 18.6 Å². The molecule has 19 heavy (non-hydrogen) atoms. The van der Waals surface area contributed by atoms with Crippen molar-refractivity contribution in [3.8, 4) is 5.75 Å². The number of rotatable bonds is 3. The highest BCUT2D eigenvalue weighted by Crippen LogP contribution is 2.23. The molecule has 2 rings (SSSR count). The monoisotopic (exact) mass is 267 g/mol. The lowest BCUT2D eigenvalue weighted by Gasteiger charge is -2.21. The van der Waals surface area contributed by atoms with E-state index in [-0.39, 0.29) is 13.0 Å². The van der Waals surface area contributed by atoms with Gasteiger partial charge in [-0.2, -0.15) is 0 Å². The van der Waals surface area contributed by atoms with Crippen LogP contribution in [0.1, 0.15) is 16.8 Å². The van der Waals surface area contributed by atoms with Crippen LogP contribution in [0.25, 0.3) is 0 Å². The van der Waals surface area contributed by atoms with E-state index in [0.29, 0.717) is 11.3 Å². The van der Waals surface area contributed by atoms with Gasteiger partial charge in [-0.15, -0.1) is 0 Å². The molecule has 1 aromatic carbocycles. The van der Waals surface area contributed by atoms with Crippen molar-refractivity contribution in [3.05, 3.63) is 29.8 Å². The fourth-order valence-electron chi connectivity index (χ4n) is 2.14. The summed E-state index contributed by atoms with van der Waals surface area (Å²) in [6, 6.07) is 5.18. The zero-order valence-electron chi connectivity index (χ0n) is 10.4. The summed E-state index contributed by atoms with van der Waals surface area (Å²) in [4.78, 5) is 24.2. The summed E-state index contributed by atoms with van der Waals surface area (Å²) in [5, 5.41) is 9.00. The van der Waals surface area contributed by atoms with E-state index in [1.165, 1.54) is 19.2 Å². The number of amides is 1. The highest BCUT2D eigenvalue weighted by molar-refractivity contribution is 5.97. The first-order valence-corrected chi connectivity index (χ1v) is 5.85. The summed E-state index contributed by atoms with van der Waals surface area (Å²) in [6.07, 6.45) is -1.44. The maximum atomic E-state index is 13.3. The lowest BCUT2D eigenvalue weighted by Crippen LogP contribution is -2.40. The van der Waals surface area contributed by atoms with Gasteiger partial charge in [0.05, 0.1) is 13.7 Å². The fourth-order valence-corrected chi connectivity index (χ4v) is 2.14. The molecule has 1 aliphatic rings. The Labute approximate surface area is 109 Å². The number of benzene rings is 1. The Morgan fingerprint density at radius 2 is 2.00 bits per heavy atom. The van der Waals surface area contributed by atoms with Crippen molar-refractivity contribution in [2.75, 3.05) is 13.7 Å². The molecule has 1 fully saturated rings. The number of nitrogens with zero attached hydrogens (tertiary/aromatic N) is 1. The molecule has 0 saturated carbocycles. The first-order chi connectivity index (χ1) is 9.02. The number of carboxylic acid groups (broad SMARTS) is 1. The van der Waals surface area contributed by atoms with Crippen LogP contribution < -0.4 is 4.74 Å². The average molecular weight is 267 g/mol. The molecule has 0 radical (unpaired) electrons. The predicted octanol–water partition coefficient (Wildman–Crippen LogP) is 1.33. The van der Waals surface area contributed by atoms with E-state index in [4.69, 9.17) is 9.84 Å². The largest absolute Gasteiger partial charge is 0.497 e. The summed E-state index contributed by atoms with van der Waals surface area (Å²) in [7, 11) is 1.51. The Morgan fingerprint density at radius 1 is 1.37 bits per heavy atom. The van der Waals surface area contributed by atoms with Gasteiger partial charge in [-0.05, 0) is 24.3 Å². The summed E-state index contributed by atoms with van der Waals surface area (Å²) < 4.78 is 18.3. The van der Waals surface area contributed by atoms with Crippen LogP contribution in [-0.2, 0) is 4.79 Å². The van der Waals surface area contributed by atoms with Crippen LogP contribution in [0.4, 0.5) is 4.39 Å². The van der Waals surface area contributed by atoms with Crippen LogP contribution in [0.2, 0.25) is 0 Å². The van der Waals surface area contributed by atoms with Gasteiger partial charge in [-0.25, -0.2) is 9.18 Å². The summed E-state index contributed by atoms with van der Waals surface area (Å²) >= 11 is 0. The van der Waals surface area contributed by atoms with Gasteiger partial charge >= 0.3 is 5.97 Å². The molecule has 2 atom stereocenters. The van der Waals surface area contributed by atoms with Crippen LogP contribution >= 0.6 is 0 Å². The predicted molar refractivity (Wildman–Crippen MR) is 65.0 cm³/mol. The maximum Gasteiger partial charge on any atom is 0.326 e. The van der Waals surface area contributed by atoms with E-state index in [9.17, 15) is 14.0 Å². The molecule has 1 amide bonds. The van der Waals surface area contributed by atoms with Gasteiger partial charge < -0.3 is 14.7 Å². The molecule has 102 valence electrons. The third-order valence-electron chi connectivity index (χ3n) is 3.13. The quantitative estimate of drug-likeness (QED) is 0.897. The first-order valence-electron chi connectivity index (χ1n) is 5.85. The van der Waals surface area contributed by atoms with Gasteiger partial charge in [0.2, 0.25) is 0 Å². The third kappa shape index (κ3) is 2.67. The molecule has 0 spiro atoms. The van der Waals surface area contributed by atoms with Crippen molar-refractivity contribution >= 4 is 11.9 Å². The van der Waals surface area contributed by atoms with Crippen molar-refractivity contribution in [3.63, 3.8) is 0 Å². The number of halogens is 1. The number of hydrogen-bond donors (Lipinski definition) is 1. The van der Waals surface area contributed by atoms with Crippen LogP contribution in [0.3, 0.4) is 0 Å². The molecule has 1 aliphatic heterocycles. The number of carbonyl (C=O) groups is 2. The van der Waals surface area contributed by atoms with Crippen LogP contribution in [0.15, 0.2) is 24.3 Å². The topological polar surface area (TPSA) is 66.8 Å². The lowest BCUT2D eigenvalue weighted by atomic mass is 10.1. The number of alkyl halides is 1. The number of likely N-dealkylation sites (tertiary alicyclic amines) is 1. The maximum absolute atomic E-state index is 13.3. The van der Waals surface area contributed by atoms with E-state index < -0.39 is 24.1 Å². The minimum absolute atomic E-state index is 0.156. The van der Waals surface area contributed by atoms with Gasteiger partial charge in [0.1, 0.15) is 18.0 Å². The highest BCUT2D eigenvalue weighted by Gasteiger charge is 2.40. The molecule has 1 heterocycles. The van der Waals surface area contributed by atoms with Crippen LogP contribution in [-0.4, -0.2) is 47.8 Å². The number of carbonyl (C=O) groups excluding carboxylic acids is 1. The van der Waals surface area contributed by atoms with E-state index >= 15 is 0 Å². The zero-order valence-corrected chi connectivity index (χ0v) is 10.4. The molecule has 5 nitrogen and oxygen atoms in total. The number of carboxylic acids is 1. The minimum Gasteiger partial charge on any atom is -0.497 e. The van der Waals surface area contributed by atoms with E-state index in [0.717, 1.165) is 4.90 Å². The number of ether oxygens (including phenoxy) is 1. The second-order valence-electron chi connectivity index (χ2n) is 4.37. The average Bonchev–Trinajstić information content (AvgIpc) is 2.80. The van der Waals surface area contributed by atoms with Crippen molar-refractivity contribution in [1.82, 2.24) is 4.90 Å². The molecular weight excluding hydrogens is 253 g/mol. The third-order valence-corrected chi connectivity index (χ3v) is 3.13. The summed E-state index contributed by atoms with van der Waals surface area (Å²) in [5.74, 6) is -1.06. The number of methoxy groups -OCH3 is 1. The minimum atomic E-state index is -1.29. The Morgan fingerprint density at radius 3 is 2.53 bits per heavy atom. The van der Waals surface area contributed by atoms with Crippen LogP contribution in [0.5, 0.6) is 5.75 Å². The molecule has 0 unspecified atom stereocenters. The zero-order chi connectivity index (χ0) is 14.0.